The highest BCUT2D eigenvalue weighted by Gasteiger charge is 2.16. The van der Waals surface area contributed by atoms with E-state index in [2.05, 4.69) is 10.6 Å². The van der Waals surface area contributed by atoms with Gasteiger partial charge in [-0.15, -0.1) is 0 Å². The van der Waals surface area contributed by atoms with Gasteiger partial charge in [0.05, 0.1) is 5.69 Å². The third kappa shape index (κ3) is 3.30. The Morgan fingerprint density at radius 1 is 1.12 bits per heavy atom. The van der Waals surface area contributed by atoms with Gasteiger partial charge in [-0.2, -0.15) is 0 Å². The number of benzene rings is 2. The first-order valence-corrected chi connectivity index (χ1v) is 8.26. The molecule has 0 radical (unpaired) electrons. The predicted octanol–water partition coefficient (Wildman–Crippen LogP) is 2.74. The van der Waals surface area contributed by atoms with Crippen molar-refractivity contribution in [1.29, 1.82) is 0 Å². The molecule has 2 aromatic carbocycles. The lowest BCUT2D eigenvalue weighted by Gasteiger charge is -2.18. The smallest absolute Gasteiger partial charge is 0.262 e. The molecular weight excluding hydrogens is 330 g/mol. The molecule has 0 saturated carbocycles. The minimum Gasteiger partial charge on any atom is -0.482 e. The molecule has 0 fully saturated rings. The van der Waals surface area contributed by atoms with Crippen LogP contribution in [0.2, 0.25) is 0 Å². The number of carbonyl (C=O) groups is 2. The summed E-state index contributed by atoms with van der Waals surface area (Å²) in [7, 11) is 0. The standard InChI is InChI=1S/C20H17N3O3/c24-19-13-26-18-8-3-14(11-17(18)22-19)12-21-20(25)15-4-6-16(7-5-15)23-9-1-2-10-23/h1-11H,12-13H2,(H,21,25)(H,22,24). The highest BCUT2D eigenvalue weighted by molar-refractivity contribution is 5.96. The number of nitrogens with one attached hydrogen (secondary N) is 2. The number of fused-ring (bicyclic) bond motifs is 1. The summed E-state index contributed by atoms with van der Waals surface area (Å²) in [4.78, 5) is 23.7. The predicted molar refractivity (Wildman–Crippen MR) is 97.5 cm³/mol. The fourth-order valence-corrected chi connectivity index (χ4v) is 2.82. The van der Waals surface area contributed by atoms with Crippen molar-refractivity contribution in [3.63, 3.8) is 0 Å². The molecule has 0 bridgehead atoms. The maximum Gasteiger partial charge on any atom is 0.262 e. The number of ether oxygens (including phenoxy) is 1. The van der Waals surface area contributed by atoms with Gasteiger partial charge in [0.15, 0.2) is 6.61 Å². The molecule has 6 nitrogen and oxygen atoms in total. The van der Waals surface area contributed by atoms with E-state index in [4.69, 9.17) is 4.74 Å². The Hall–Kier alpha value is -3.54. The first-order chi connectivity index (χ1) is 12.7. The summed E-state index contributed by atoms with van der Waals surface area (Å²) in [5, 5.41) is 5.65. The molecule has 1 aromatic heterocycles. The van der Waals surface area contributed by atoms with Crippen molar-refractivity contribution >= 4 is 17.5 Å². The number of hydrogen-bond donors (Lipinski definition) is 2. The lowest BCUT2D eigenvalue weighted by Crippen LogP contribution is -2.26. The molecule has 2 amide bonds. The van der Waals surface area contributed by atoms with Crippen LogP contribution in [0.15, 0.2) is 67.0 Å². The zero-order valence-corrected chi connectivity index (χ0v) is 13.9. The molecular formula is C20H17N3O3. The normalized spacial score (nSPS) is 12.7. The fourth-order valence-electron chi connectivity index (χ4n) is 2.82. The highest BCUT2D eigenvalue weighted by atomic mass is 16.5. The zero-order valence-electron chi connectivity index (χ0n) is 13.9. The molecule has 3 aromatic rings. The summed E-state index contributed by atoms with van der Waals surface area (Å²) in [5.74, 6) is 0.309. The Labute approximate surface area is 150 Å². The molecule has 0 unspecified atom stereocenters. The minimum absolute atomic E-state index is 0.0299. The van der Waals surface area contributed by atoms with Crippen LogP contribution in [0.4, 0.5) is 5.69 Å². The summed E-state index contributed by atoms with van der Waals surface area (Å²) < 4.78 is 7.30. The molecule has 4 rings (SSSR count). The zero-order chi connectivity index (χ0) is 17.9. The number of carbonyl (C=O) groups excluding carboxylic acids is 2. The van der Waals surface area contributed by atoms with Gasteiger partial charge in [-0.25, -0.2) is 0 Å². The molecule has 0 spiro atoms. The molecule has 0 atom stereocenters. The molecule has 0 saturated heterocycles. The summed E-state index contributed by atoms with van der Waals surface area (Å²) in [6.07, 6.45) is 3.90. The lowest BCUT2D eigenvalue weighted by atomic mass is 10.1. The van der Waals surface area contributed by atoms with Crippen LogP contribution in [0.25, 0.3) is 5.69 Å². The van der Waals surface area contributed by atoms with Gasteiger partial charge in [0.25, 0.3) is 11.8 Å². The van der Waals surface area contributed by atoms with E-state index in [1.165, 1.54) is 0 Å². The summed E-state index contributed by atoms with van der Waals surface area (Å²) in [6.45, 7) is 0.392. The van der Waals surface area contributed by atoms with Crippen LogP contribution in [-0.2, 0) is 11.3 Å². The highest BCUT2D eigenvalue weighted by Crippen LogP contribution is 2.28. The van der Waals surface area contributed by atoms with Crippen molar-refractivity contribution < 1.29 is 14.3 Å². The molecule has 1 aliphatic rings. The number of rotatable bonds is 4. The minimum atomic E-state index is -0.179. The van der Waals surface area contributed by atoms with Crippen LogP contribution in [0.5, 0.6) is 5.75 Å². The third-order valence-corrected chi connectivity index (χ3v) is 4.16. The lowest BCUT2D eigenvalue weighted by molar-refractivity contribution is -0.118. The van der Waals surface area contributed by atoms with Gasteiger partial charge in [-0.05, 0) is 54.1 Å². The molecule has 26 heavy (non-hydrogen) atoms. The maximum atomic E-state index is 12.3. The monoisotopic (exact) mass is 347 g/mol. The van der Waals surface area contributed by atoms with Crippen molar-refractivity contribution in [2.45, 2.75) is 6.54 Å². The molecule has 1 aliphatic heterocycles. The largest absolute Gasteiger partial charge is 0.482 e. The second-order valence-corrected chi connectivity index (χ2v) is 5.99. The SMILES string of the molecule is O=C1COc2ccc(CNC(=O)c3ccc(-n4cccc4)cc3)cc2N1. The third-order valence-electron chi connectivity index (χ3n) is 4.16. The van der Waals surface area contributed by atoms with E-state index < -0.39 is 0 Å². The average Bonchev–Trinajstić information content (AvgIpc) is 3.20. The summed E-state index contributed by atoms with van der Waals surface area (Å²) >= 11 is 0. The van der Waals surface area contributed by atoms with Gasteiger partial charge in [0.2, 0.25) is 0 Å². The Morgan fingerprint density at radius 2 is 1.88 bits per heavy atom. The van der Waals surface area contributed by atoms with Gasteiger partial charge >= 0.3 is 0 Å². The van der Waals surface area contributed by atoms with Crippen molar-refractivity contribution in [2.75, 3.05) is 11.9 Å². The fraction of sp³-hybridized carbons (Fsp3) is 0.100. The van der Waals surface area contributed by atoms with E-state index in [1.54, 1.807) is 18.2 Å². The van der Waals surface area contributed by atoms with Crippen LogP contribution in [0, 0.1) is 0 Å². The molecule has 2 heterocycles. The van der Waals surface area contributed by atoms with Crippen LogP contribution in [0.1, 0.15) is 15.9 Å². The molecule has 2 N–H and O–H groups in total. The first-order valence-electron chi connectivity index (χ1n) is 8.26. The van der Waals surface area contributed by atoms with E-state index in [0.717, 1.165) is 11.3 Å². The topological polar surface area (TPSA) is 72.4 Å². The Morgan fingerprint density at radius 3 is 2.65 bits per heavy atom. The van der Waals surface area contributed by atoms with Crippen molar-refractivity contribution in [2.24, 2.45) is 0 Å². The molecule has 130 valence electrons. The van der Waals surface area contributed by atoms with E-state index in [0.29, 0.717) is 23.5 Å². The van der Waals surface area contributed by atoms with Crippen molar-refractivity contribution in [3.8, 4) is 11.4 Å². The number of aromatic nitrogens is 1. The van der Waals surface area contributed by atoms with Gasteiger partial charge < -0.3 is 19.9 Å². The van der Waals surface area contributed by atoms with Gasteiger partial charge in [-0.3, -0.25) is 9.59 Å². The van der Waals surface area contributed by atoms with Crippen LogP contribution in [0.3, 0.4) is 0 Å². The first kappa shape index (κ1) is 16.0. The second-order valence-electron chi connectivity index (χ2n) is 5.99. The Bertz CT molecular complexity index is 947. The Kier molecular flexibility index (Phi) is 4.15. The van der Waals surface area contributed by atoms with E-state index in [1.807, 2.05) is 53.4 Å². The van der Waals surface area contributed by atoms with E-state index >= 15 is 0 Å². The van der Waals surface area contributed by atoms with Crippen molar-refractivity contribution in [3.05, 3.63) is 78.1 Å². The van der Waals surface area contributed by atoms with Crippen LogP contribution in [-0.4, -0.2) is 23.0 Å². The molecule has 6 heteroatoms. The number of anilines is 1. The Balaban J connectivity index is 1.41. The van der Waals surface area contributed by atoms with Crippen molar-refractivity contribution in [1.82, 2.24) is 9.88 Å². The molecule has 0 aliphatic carbocycles. The van der Waals surface area contributed by atoms with Gasteiger partial charge in [-0.1, -0.05) is 6.07 Å². The second kappa shape index (κ2) is 6.76. The quantitative estimate of drug-likeness (QED) is 0.762. The van der Waals surface area contributed by atoms with Gasteiger partial charge in [0.1, 0.15) is 5.75 Å². The average molecular weight is 347 g/mol. The van der Waals surface area contributed by atoms with Crippen LogP contribution < -0.4 is 15.4 Å². The van der Waals surface area contributed by atoms with Gasteiger partial charge in [0, 0.05) is 30.2 Å². The van der Waals surface area contributed by atoms with E-state index in [9.17, 15) is 9.59 Å². The summed E-state index contributed by atoms with van der Waals surface area (Å²) in [6, 6.07) is 16.8. The number of nitrogens with zero attached hydrogens (tertiary/aromatic N) is 1. The number of hydrogen-bond acceptors (Lipinski definition) is 3. The summed E-state index contributed by atoms with van der Waals surface area (Å²) in [5.41, 5.74) is 3.10. The number of amides is 2. The van der Waals surface area contributed by atoms with E-state index in [-0.39, 0.29) is 18.4 Å². The maximum absolute atomic E-state index is 12.3. The van der Waals surface area contributed by atoms with Crippen LogP contribution >= 0.6 is 0 Å².